The highest BCUT2D eigenvalue weighted by molar-refractivity contribution is 7.00. The van der Waals surface area contributed by atoms with E-state index in [9.17, 15) is 4.79 Å². The summed E-state index contributed by atoms with van der Waals surface area (Å²) < 4.78 is 8.19. The number of aromatic nitrogens is 6. The van der Waals surface area contributed by atoms with Gasteiger partial charge in [-0.05, 0) is 136 Å². The van der Waals surface area contributed by atoms with Crippen molar-refractivity contribution in [3.8, 4) is 84.9 Å². The second kappa shape index (κ2) is 24.3. The first kappa shape index (κ1) is 57.5. The number of para-hydroxylation sites is 5. The van der Waals surface area contributed by atoms with Crippen molar-refractivity contribution in [2.75, 3.05) is 9.80 Å². The van der Waals surface area contributed by atoms with Gasteiger partial charge in [-0.3, -0.25) is 0 Å². The largest absolute Gasteiger partial charge is 0.457 e. The van der Waals surface area contributed by atoms with E-state index in [-0.39, 0.29) is 13.3 Å². The van der Waals surface area contributed by atoms with Crippen LogP contribution >= 0.6 is 0 Å². The zero-order valence-corrected chi connectivity index (χ0v) is 52.9. The molecule has 0 atom stereocenters. The Balaban J connectivity index is 0.846. The highest BCUT2D eigenvalue weighted by Crippen LogP contribution is 2.47. The lowest BCUT2D eigenvalue weighted by atomic mass is 9.33. The van der Waals surface area contributed by atoms with E-state index in [1.165, 1.54) is 16.4 Å². The quantitative estimate of drug-likeness (QED) is 0.0825. The molecule has 16 aromatic rings. The van der Waals surface area contributed by atoms with E-state index < -0.39 is 5.97 Å². The molecule has 0 N–H and O–H groups in total. The van der Waals surface area contributed by atoms with Gasteiger partial charge in [0, 0.05) is 78.3 Å². The van der Waals surface area contributed by atoms with Crippen LogP contribution in [0.25, 0.3) is 107 Å². The van der Waals surface area contributed by atoms with Gasteiger partial charge in [0.2, 0.25) is 0 Å². The van der Waals surface area contributed by atoms with Crippen molar-refractivity contribution in [3.63, 3.8) is 0 Å². The second-order valence-corrected chi connectivity index (χ2v) is 24.6. The van der Waals surface area contributed by atoms with Crippen LogP contribution in [0.1, 0.15) is 15.9 Å². The molecule has 0 saturated carbocycles. The van der Waals surface area contributed by atoms with Crippen molar-refractivity contribution in [2.24, 2.45) is 0 Å². The first-order chi connectivity index (χ1) is 48.5. The minimum absolute atomic E-state index is 0.0282. The number of ether oxygens (including phenoxy) is 1. The first-order valence-corrected chi connectivity index (χ1v) is 32.9. The van der Waals surface area contributed by atoms with Crippen LogP contribution < -0.4 is 26.2 Å². The third-order valence-electron chi connectivity index (χ3n) is 18.8. The van der Waals surface area contributed by atoms with Crippen LogP contribution in [-0.2, 0) is 11.3 Å². The van der Waals surface area contributed by atoms with Crippen LogP contribution in [0.4, 0.5) is 34.1 Å². The molecule has 460 valence electrons. The zero-order chi connectivity index (χ0) is 65.0. The monoisotopic (exact) mass is 1260 g/mol. The lowest BCUT2D eigenvalue weighted by Crippen LogP contribution is -2.61. The molecule has 3 aromatic heterocycles. The maximum absolute atomic E-state index is 14.0. The van der Waals surface area contributed by atoms with E-state index in [1.807, 2.05) is 133 Å². The number of anilines is 6. The number of hydrogen-bond donors (Lipinski definition) is 0. The Kier molecular flexibility index (Phi) is 14.3. The Morgan fingerprint density at radius 3 is 1.43 bits per heavy atom. The maximum Gasteiger partial charge on any atom is 0.338 e. The zero-order valence-electron chi connectivity index (χ0n) is 52.9. The number of hydrogen-bond acceptors (Lipinski definition) is 9. The average Bonchev–Trinajstić information content (AvgIpc) is 0.879. The van der Waals surface area contributed by atoms with Crippen molar-refractivity contribution >= 4 is 85.0 Å². The summed E-state index contributed by atoms with van der Waals surface area (Å²) in [7, 11) is 0. The summed E-state index contributed by atoms with van der Waals surface area (Å²) >= 11 is 0. The van der Waals surface area contributed by atoms with Crippen molar-refractivity contribution in [1.29, 1.82) is 0 Å². The molecule has 2 aliphatic rings. The summed E-state index contributed by atoms with van der Waals surface area (Å²) in [5.74, 6) is 1.73. The standard InChI is InChI=1S/C87H57BN8O2/c97-87(98-56-57-26-7-1-8-27-57)64-47-49-76-69(52-64)68-40-19-22-43-75(68)96(76)77-48-46-63(86-92-83(59-30-11-3-12-31-59)91-84(93-86)60-32-13-4-14-33-60)51-70(77)74-55-73(58-28-9-2-10-29-58)89-85(90-74)62-35-25-34-61(50-62)65-53-80-82-81(54-65)95(67-38-17-6-18-39-67)79-45-24-21-42-72(79)88(82)71-41-20-23-44-78(71)94(80)66-36-15-5-16-37-66/h1-55H,56H2. The first-order valence-electron chi connectivity index (χ1n) is 32.9. The summed E-state index contributed by atoms with van der Waals surface area (Å²) in [5.41, 5.74) is 22.9. The summed E-state index contributed by atoms with van der Waals surface area (Å²) in [6, 6.07) is 115. The molecular weight excluding hydrogens is 1200 g/mol. The molecule has 5 heterocycles. The molecule has 2 aliphatic heterocycles. The van der Waals surface area contributed by atoms with Crippen LogP contribution in [0, 0.1) is 0 Å². The minimum atomic E-state index is -0.402. The summed E-state index contributed by atoms with van der Waals surface area (Å²) in [6.07, 6.45) is 0. The van der Waals surface area contributed by atoms with E-state index in [4.69, 9.17) is 29.7 Å². The number of esters is 1. The van der Waals surface area contributed by atoms with Gasteiger partial charge >= 0.3 is 5.97 Å². The molecule has 13 aromatic carbocycles. The molecule has 98 heavy (non-hydrogen) atoms. The number of nitrogens with zero attached hydrogens (tertiary/aromatic N) is 8. The fraction of sp³-hybridized carbons (Fsp3) is 0.0115. The molecule has 0 radical (unpaired) electrons. The molecule has 0 unspecified atom stereocenters. The molecule has 0 saturated heterocycles. The molecule has 0 spiro atoms. The molecule has 18 rings (SSSR count). The average molecular weight is 1260 g/mol. The van der Waals surface area contributed by atoms with Crippen molar-refractivity contribution < 1.29 is 9.53 Å². The summed E-state index contributed by atoms with van der Waals surface area (Å²) in [6.45, 7) is 0.132. The van der Waals surface area contributed by atoms with E-state index in [0.717, 1.165) is 117 Å². The molecule has 0 fully saturated rings. The van der Waals surface area contributed by atoms with E-state index in [0.29, 0.717) is 34.6 Å². The number of rotatable bonds is 13. The lowest BCUT2D eigenvalue weighted by molar-refractivity contribution is 0.0473. The molecule has 0 bridgehead atoms. The number of carbonyl (C=O) groups excluding carboxylic acids is 1. The molecule has 10 nitrogen and oxygen atoms in total. The normalized spacial score (nSPS) is 12.1. The van der Waals surface area contributed by atoms with Gasteiger partial charge in [-0.1, -0.05) is 231 Å². The topological polar surface area (TPSA) is 102 Å². The van der Waals surface area contributed by atoms with Crippen LogP contribution in [0.3, 0.4) is 0 Å². The lowest BCUT2D eigenvalue weighted by Gasteiger charge is -2.44. The predicted octanol–water partition coefficient (Wildman–Crippen LogP) is 18.9. The van der Waals surface area contributed by atoms with Gasteiger partial charge in [-0.25, -0.2) is 29.7 Å². The Morgan fingerprint density at radius 1 is 0.327 bits per heavy atom. The van der Waals surface area contributed by atoms with Crippen LogP contribution in [-0.4, -0.2) is 42.2 Å². The summed E-state index contributed by atoms with van der Waals surface area (Å²) in [5, 5.41) is 1.86. The highest BCUT2D eigenvalue weighted by atomic mass is 16.5. The smallest absolute Gasteiger partial charge is 0.338 e. The van der Waals surface area contributed by atoms with Gasteiger partial charge in [-0.15, -0.1) is 0 Å². The predicted molar refractivity (Wildman–Crippen MR) is 397 cm³/mol. The number of fused-ring (bicyclic) bond motifs is 7. The van der Waals surface area contributed by atoms with Crippen molar-refractivity contribution in [2.45, 2.75) is 6.61 Å². The second-order valence-electron chi connectivity index (χ2n) is 24.6. The van der Waals surface area contributed by atoms with Gasteiger partial charge in [0.15, 0.2) is 23.3 Å². The molecule has 11 heteroatoms. The SMILES string of the molecule is O=C(OCc1ccccc1)c1ccc2c(c1)c1ccccc1n2-c1ccc(-c2nc(-c3ccccc3)nc(-c3ccccc3)n2)cc1-c1cc(-c2ccccc2)nc(-c2cccc(-c3cc4c5c(c3)N(c3ccccc3)c3ccccc3B5c3ccccc3N4c3ccccc3)c2)n1. The Labute approximate surface area is 566 Å². The maximum atomic E-state index is 14.0. The van der Waals surface area contributed by atoms with Crippen LogP contribution in [0.5, 0.6) is 0 Å². The van der Waals surface area contributed by atoms with Gasteiger partial charge in [-0.2, -0.15) is 0 Å². The van der Waals surface area contributed by atoms with Gasteiger partial charge in [0.25, 0.3) is 6.71 Å². The number of benzene rings is 13. The van der Waals surface area contributed by atoms with Gasteiger partial charge in [0.05, 0.1) is 33.7 Å². The Hall–Kier alpha value is -13.1. The fourth-order valence-electron chi connectivity index (χ4n) is 14.3. The fourth-order valence-corrected chi connectivity index (χ4v) is 14.3. The number of carbonyl (C=O) groups is 1. The van der Waals surface area contributed by atoms with E-state index in [1.54, 1.807) is 0 Å². The van der Waals surface area contributed by atoms with Crippen molar-refractivity contribution in [3.05, 3.63) is 345 Å². The minimum Gasteiger partial charge on any atom is -0.457 e. The molecular formula is C87H57BN8O2. The summed E-state index contributed by atoms with van der Waals surface area (Å²) in [4.78, 5) is 45.7. The van der Waals surface area contributed by atoms with Crippen LogP contribution in [0.15, 0.2) is 334 Å². The third-order valence-corrected chi connectivity index (χ3v) is 18.8. The van der Waals surface area contributed by atoms with Gasteiger partial charge in [0.1, 0.15) is 6.61 Å². The Bertz CT molecular complexity index is 5570. The van der Waals surface area contributed by atoms with Crippen LogP contribution in [0.2, 0.25) is 0 Å². The van der Waals surface area contributed by atoms with Gasteiger partial charge < -0.3 is 19.1 Å². The van der Waals surface area contributed by atoms with E-state index >= 15 is 0 Å². The Morgan fingerprint density at radius 2 is 0.806 bits per heavy atom. The van der Waals surface area contributed by atoms with Crippen molar-refractivity contribution in [1.82, 2.24) is 29.5 Å². The molecule has 0 aliphatic carbocycles. The highest BCUT2D eigenvalue weighted by Gasteiger charge is 2.43. The van der Waals surface area contributed by atoms with E-state index in [2.05, 4.69) is 215 Å². The third kappa shape index (κ3) is 10.2. The molecule has 0 amide bonds.